The monoisotopic (exact) mass is 214 g/mol. The number of ether oxygens (including phenoxy) is 1. The molecule has 0 amide bonds. The van der Waals surface area contributed by atoms with E-state index >= 15 is 0 Å². The molecule has 2 heteroatoms. The fourth-order valence-electron chi connectivity index (χ4n) is 1.70. The third-order valence-electron chi connectivity index (χ3n) is 2.54. The molecule has 0 spiro atoms. The number of allylic oxidation sites excluding steroid dienone is 4. The lowest BCUT2D eigenvalue weighted by molar-refractivity contribution is 0.0526. The number of hydrogen-bond acceptors (Lipinski definition) is 2. The largest absolute Gasteiger partial charge is 0.462 e. The van der Waals surface area contributed by atoms with Gasteiger partial charge in [-0.05, 0) is 36.6 Å². The summed E-state index contributed by atoms with van der Waals surface area (Å²) in [4.78, 5) is 11.4. The Hall–Kier alpha value is -1.83. The number of carbonyl (C=O) groups is 1. The second-order valence-electron chi connectivity index (χ2n) is 3.62. The Labute approximate surface area is 95.2 Å². The van der Waals surface area contributed by atoms with Gasteiger partial charge in [-0.2, -0.15) is 0 Å². The molecule has 0 saturated heterocycles. The quantitative estimate of drug-likeness (QED) is 0.722. The van der Waals surface area contributed by atoms with Crippen molar-refractivity contribution in [3.63, 3.8) is 0 Å². The van der Waals surface area contributed by atoms with E-state index in [1.807, 2.05) is 24.3 Å². The van der Waals surface area contributed by atoms with Crippen LogP contribution in [0.5, 0.6) is 0 Å². The van der Waals surface area contributed by atoms with E-state index in [4.69, 9.17) is 4.74 Å². The molecule has 1 aromatic carbocycles. The Balaban J connectivity index is 2.13. The van der Waals surface area contributed by atoms with Crippen molar-refractivity contribution in [2.45, 2.75) is 13.3 Å². The molecule has 0 heterocycles. The van der Waals surface area contributed by atoms with E-state index in [0.29, 0.717) is 12.2 Å². The van der Waals surface area contributed by atoms with E-state index in [1.54, 1.807) is 6.92 Å². The van der Waals surface area contributed by atoms with Gasteiger partial charge in [0.2, 0.25) is 0 Å². The zero-order valence-corrected chi connectivity index (χ0v) is 9.27. The smallest absolute Gasteiger partial charge is 0.338 e. The fraction of sp³-hybridized carbons (Fsp3) is 0.214. The number of esters is 1. The Kier molecular flexibility index (Phi) is 3.20. The number of carbonyl (C=O) groups excluding carboxylic acids is 1. The van der Waals surface area contributed by atoms with Crippen LogP contribution in [0.2, 0.25) is 0 Å². The average molecular weight is 214 g/mol. The molecule has 1 aromatic rings. The van der Waals surface area contributed by atoms with Crippen molar-refractivity contribution in [3.8, 4) is 0 Å². The van der Waals surface area contributed by atoms with Crippen LogP contribution in [0.1, 0.15) is 29.3 Å². The Morgan fingerprint density at radius 2 is 2.06 bits per heavy atom. The molecule has 0 radical (unpaired) electrons. The van der Waals surface area contributed by atoms with Crippen molar-refractivity contribution < 1.29 is 9.53 Å². The highest BCUT2D eigenvalue weighted by Gasteiger charge is 2.07. The van der Waals surface area contributed by atoms with Crippen LogP contribution in [0.15, 0.2) is 42.5 Å². The van der Waals surface area contributed by atoms with Gasteiger partial charge in [0.05, 0.1) is 12.2 Å². The molecular weight excluding hydrogens is 200 g/mol. The van der Waals surface area contributed by atoms with Crippen molar-refractivity contribution in [1.29, 1.82) is 0 Å². The maximum absolute atomic E-state index is 11.4. The van der Waals surface area contributed by atoms with Crippen molar-refractivity contribution in [2.75, 3.05) is 6.61 Å². The predicted molar refractivity (Wildman–Crippen MR) is 64.1 cm³/mol. The first-order valence-electron chi connectivity index (χ1n) is 5.44. The number of benzene rings is 1. The van der Waals surface area contributed by atoms with Gasteiger partial charge in [0.1, 0.15) is 0 Å². The molecule has 82 valence electrons. The number of rotatable bonds is 3. The molecule has 0 fully saturated rings. The van der Waals surface area contributed by atoms with E-state index in [2.05, 4.69) is 18.2 Å². The minimum Gasteiger partial charge on any atom is -0.462 e. The molecule has 0 atom stereocenters. The summed E-state index contributed by atoms with van der Waals surface area (Å²) in [6, 6.07) is 7.55. The average Bonchev–Trinajstić information content (AvgIpc) is 2.83. The van der Waals surface area contributed by atoms with Crippen LogP contribution in [-0.2, 0) is 4.74 Å². The van der Waals surface area contributed by atoms with Gasteiger partial charge in [0.25, 0.3) is 0 Å². The topological polar surface area (TPSA) is 26.3 Å². The van der Waals surface area contributed by atoms with E-state index in [0.717, 1.165) is 12.0 Å². The maximum atomic E-state index is 11.4. The molecule has 0 bridgehead atoms. The lowest BCUT2D eigenvalue weighted by atomic mass is 10.0. The van der Waals surface area contributed by atoms with Crippen LogP contribution in [0.25, 0.3) is 5.57 Å². The Morgan fingerprint density at radius 1 is 1.31 bits per heavy atom. The molecule has 0 aliphatic heterocycles. The second-order valence-corrected chi connectivity index (χ2v) is 3.62. The summed E-state index contributed by atoms with van der Waals surface area (Å²) in [6.45, 7) is 2.22. The maximum Gasteiger partial charge on any atom is 0.338 e. The van der Waals surface area contributed by atoms with Crippen LogP contribution in [0.3, 0.4) is 0 Å². The molecule has 2 nitrogen and oxygen atoms in total. The van der Waals surface area contributed by atoms with Gasteiger partial charge >= 0.3 is 5.97 Å². The molecule has 0 unspecified atom stereocenters. The minimum absolute atomic E-state index is 0.257. The SMILES string of the molecule is CCOC(=O)c1ccc(C2=CC=CC2)cc1. The molecule has 1 aliphatic rings. The first-order valence-corrected chi connectivity index (χ1v) is 5.44. The highest BCUT2D eigenvalue weighted by atomic mass is 16.5. The lowest BCUT2D eigenvalue weighted by Gasteiger charge is -2.04. The van der Waals surface area contributed by atoms with Crippen molar-refractivity contribution in [2.24, 2.45) is 0 Å². The van der Waals surface area contributed by atoms with Crippen LogP contribution in [-0.4, -0.2) is 12.6 Å². The summed E-state index contributed by atoms with van der Waals surface area (Å²) in [5.74, 6) is -0.257. The van der Waals surface area contributed by atoms with Crippen LogP contribution < -0.4 is 0 Å². The van der Waals surface area contributed by atoms with E-state index in [9.17, 15) is 4.79 Å². The summed E-state index contributed by atoms with van der Waals surface area (Å²) < 4.78 is 4.93. The van der Waals surface area contributed by atoms with Crippen molar-refractivity contribution in [3.05, 3.63) is 53.6 Å². The zero-order valence-electron chi connectivity index (χ0n) is 9.27. The highest BCUT2D eigenvalue weighted by molar-refractivity contribution is 5.90. The van der Waals surface area contributed by atoms with Crippen molar-refractivity contribution >= 4 is 11.5 Å². The Bertz CT molecular complexity index is 438. The van der Waals surface area contributed by atoms with Gasteiger partial charge in [-0.25, -0.2) is 4.79 Å². The lowest BCUT2D eigenvalue weighted by Crippen LogP contribution is -2.04. The van der Waals surface area contributed by atoms with Gasteiger partial charge in [0, 0.05) is 0 Å². The van der Waals surface area contributed by atoms with E-state index in [1.165, 1.54) is 5.57 Å². The summed E-state index contributed by atoms with van der Waals surface area (Å²) in [5, 5.41) is 0. The Morgan fingerprint density at radius 3 is 2.62 bits per heavy atom. The van der Waals surface area contributed by atoms with Crippen molar-refractivity contribution in [1.82, 2.24) is 0 Å². The molecule has 1 aliphatic carbocycles. The highest BCUT2D eigenvalue weighted by Crippen LogP contribution is 2.23. The first kappa shape index (κ1) is 10.7. The van der Waals surface area contributed by atoms with Crippen LogP contribution in [0.4, 0.5) is 0 Å². The number of hydrogen-bond donors (Lipinski definition) is 0. The molecular formula is C14H14O2. The van der Waals surface area contributed by atoms with Crippen LogP contribution in [0, 0.1) is 0 Å². The summed E-state index contributed by atoms with van der Waals surface area (Å²) in [6.07, 6.45) is 7.24. The van der Waals surface area contributed by atoms with Gasteiger partial charge in [-0.3, -0.25) is 0 Å². The summed E-state index contributed by atoms with van der Waals surface area (Å²) in [5.41, 5.74) is 3.06. The second kappa shape index (κ2) is 4.79. The van der Waals surface area contributed by atoms with E-state index in [-0.39, 0.29) is 5.97 Å². The zero-order chi connectivity index (χ0) is 11.4. The molecule has 0 aromatic heterocycles. The predicted octanol–water partition coefficient (Wildman–Crippen LogP) is 3.21. The summed E-state index contributed by atoms with van der Waals surface area (Å²) >= 11 is 0. The third-order valence-corrected chi connectivity index (χ3v) is 2.54. The van der Waals surface area contributed by atoms with Crippen LogP contribution >= 0.6 is 0 Å². The van der Waals surface area contributed by atoms with Gasteiger partial charge in [-0.15, -0.1) is 0 Å². The van der Waals surface area contributed by atoms with Gasteiger partial charge in [0.15, 0.2) is 0 Å². The normalized spacial score (nSPS) is 13.7. The molecule has 0 N–H and O–H groups in total. The standard InChI is InChI=1S/C14H14O2/c1-2-16-14(15)13-9-7-12(8-10-13)11-5-3-4-6-11/h3-5,7-10H,2,6H2,1H3. The van der Waals surface area contributed by atoms with Gasteiger partial charge < -0.3 is 4.74 Å². The van der Waals surface area contributed by atoms with E-state index < -0.39 is 0 Å². The minimum atomic E-state index is -0.257. The molecule has 2 rings (SSSR count). The third kappa shape index (κ3) is 2.22. The molecule has 0 saturated carbocycles. The fourth-order valence-corrected chi connectivity index (χ4v) is 1.70. The van der Waals surface area contributed by atoms with Gasteiger partial charge in [-0.1, -0.05) is 30.4 Å². The summed E-state index contributed by atoms with van der Waals surface area (Å²) in [7, 11) is 0. The first-order chi connectivity index (χ1) is 7.81. The molecule has 16 heavy (non-hydrogen) atoms.